The number of pyridine rings is 1. The molecule has 0 N–H and O–H groups in total. The second-order valence-electron chi connectivity index (χ2n) is 3.15. The maximum Gasteiger partial charge on any atom is 0.257 e. The summed E-state index contributed by atoms with van der Waals surface area (Å²) >= 11 is 0. The van der Waals surface area contributed by atoms with E-state index in [1.54, 1.807) is 6.20 Å². The SMILES string of the molecule is C=C(CC)c1ccnc2c1OCCO2. The molecule has 0 aromatic carbocycles. The summed E-state index contributed by atoms with van der Waals surface area (Å²) in [5.74, 6) is 1.33. The number of allylic oxidation sites excluding steroid dienone is 1. The third-order valence-electron chi connectivity index (χ3n) is 2.25. The van der Waals surface area contributed by atoms with E-state index >= 15 is 0 Å². The van der Waals surface area contributed by atoms with Gasteiger partial charge < -0.3 is 9.47 Å². The van der Waals surface area contributed by atoms with Gasteiger partial charge in [-0.3, -0.25) is 0 Å². The first kappa shape index (κ1) is 9.06. The lowest BCUT2D eigenvalue weighted by atomic mass is 10.1. The summed E-state index contributed by atoms with van der Waals surface area (Å²) in [7, 11) is 0. The van der Waals surface area contributed by atoms with Crippen LogP contribution >= 0.6 is 0 Å². The zero-order chi connectivity index (χ0) is 9.97. The van der Waals surface area contributed by atoms with Crippen molar-refractivity contribution in [3.8, 4) is 11.6 Å². The topological polar surface area (TPSA) is 31.4 Å². The molecular weight excluding hydrogens is 178 g/mol. The summed E-state index contributed by atoms with van der Waals surface area (Å²) in [5.41, 5.74) is 2.06. The molecule has 0 saturated carbocycles. The van der Waals surface area contributed by atoms with Gasteiger partial charge in [-0.05, 0) is 18.1 Å². The van der Waals surface area contributed by atoms with Crippen LogP contribution in [0.2, 0.25) is 0 Å². The molecule has 0 radical (unpaired) electrons. The van der Waals surface area contributed by atoms with Crippen LogP contribution in [0.15, 0.2) is 18.8 Å². The summed E-state index contributed by atoms with van der Waals surface area (Å²) < 4.78 is 10.9. The molecule has 2 rings (SSSR count). The largest absolute Gasteiger partial charge is 0.484 e. The maximum atomic E-state index is 5.53. The molecule has 2 heterocycles. The minimum absolute atomic E-state index is 0.571. The molecule has 1 aliphatic rings. The number of ether oxygens (including phenoxy) is 2. The molecule has 0 saturated heterocycles. The first-order valence-corrected chi connectivity index (χ1v) is 4.75. The van der Waals surface area contributed by atoms with Gasteiger partial charge in [0.2, 0.25) is 0 Å². The normalized spacial score (nSPS) is 13.8. The lowest BCUT2D eigenvalue weighted by Gasteiger charge is -2.20. The Bertz CT molecular complexity index is 360. The van der Waals surface area contributed by atoms with Gasteiger partial charge in [-0.25, -0.2) is 4.98 Å². The first-order chi connectivity index (χ1) is 6.83. The van der Waals surface area contributed by atoms with Gasteiger partial charge in [0.15, 0.2) is 5.75 Å². The van der Waals surface area contributed by atoms with Crippen LogP contribution in [0.5, 0.6) is 11.6 Å². The van der Waals surface area contributed by atoms with Gasteiger partial charge >= 0.3 is 0 Å². The molecule has 0 spiro atoms. The van der Waals surface area contributed by atoms with Crippen molar-refractivity contribution in [2.45, 2.75) is 13.3 Å². The quantitative estimate of drug-likeness (QED) is 0.718. The fraction of sp³-hybridized carbons (Fsp3) is 0.364. The monoisotopic (exact) mass is 191 g/mol. The molecule has 74 valence electrons. The van der Waals surface area contributed by atoms with E-state index in [1.165, 1.54) is 0 Å². The number of hydrogen-bond acceptors (Lipinski definition) is 3. The van der Waals surface area contributed by atoms with Crippen molar-refractivity contribution in [1.82, 2.24) is 4.98 Å². The van der Waals surface area contributed by atoms with Gasteiger partial charge in [0.25, 0.3) is 5.88 Å². The molecule has 0 atom stereocenters. The Hall–Kier alpha value is -1.51. The van der Waals surface area contributed by atoms with Crippen LogP contribution in [-0.2, 0) is 0 Å². The van der Waals surface area contributed by atoms with Crippen molar-refractivity contribution in [1.29, 1.82) is 0 Å². The van der Waals surface area contributed by atoms with Crippen LogP contribution in [0, 0.1) is 0 Å². The molecule has 14 heavy (non-hydrogen) atoms. The summed E-state index contributed by atoms with van der Waals surface area (Å²) in [6, 6.07) is 1.92. The number of fused-ring (bicyclic) bond motifs is 1. The van der Waals surface area contributed by atoms with E-state index < -0.39 is 0 Å². The van der Waals surface area contributed by atoms with E-state index in [2.05, 4.69) is 18.5 Å². The van der Waals surface area contributed by atoms with Crippen LogP contribution in [0.25, 0.3) is 5.57 Å². The van der Waals surface area contributed by atoms with Crippen molar-refractivity contribution in [2.24, 2.45) is 0 Å². The summed E-state index contributed by atoms with van der Waals surface area (Å²) in [5, 5.41) is 0. The van der Waals surface area contributed by atoms with Gasteiger partial charge in [0.1, 0.15) is 13.2 Å². The molecule has 1 aliphatic heterocycles. The van der Waals surface area contributed by atoms with Crippen LogP contribution in [-0.4, -0.2) is 18.2 Å². The minimum atomic E-state index is 0.571. The third kappa shape index (κ3) is 1.45. The Morgan fingerprint density at radius 3 is 3.07 bits per heavy atom. The molecule has 1 aromatic heterocycles. The second-order valence-corrected chi connectivity index (χ2v) is 3.15. The average molecular weight is 191 g/mol. The van der Waals surface area contributed by atoms with E-state index in [-0.39, 0.29) is 0 Å². The third-order valence-corrected chi connectivity index (χ3v) is 2.25. The fourth-order valence-electron chi connectivity index (χ4n) is 1.42. The smallest absolute Gasteiger partial charge is 0.257 e. The standard InChI is InChI=1S/C11H13NO2/c1-3-8(2)9-4-5-12-11-10(9)13-6-7-14-11/h4-5H,2-3,6-7H2,1H3. The van der Waals surface area contributed by atoms with Crippen molar-refractivity contribution < 1.29 is 9.47 Å². The Morgan fingerprint density at radius 2 is 2.29 bits per heavy atom. The zero-order valence-electron chi connectivity index (χ0n) is 8.25. The van der Waals surface area contributed by atoms with E-state index in [1.807, 2.05) is 6.07 Å². The highest BCUT2D eigenvalue weighted by atomic mass is 16.6. The predicted molar refractivity (Wildman–Crippen MR) is 54.6 cm³/mol. The Labute approximate surface area is 83.4 Å². The Balaban J connectivity index is 2.45. The summed E-state index contributed by atoms with van der Waals surface area (Å²) in [4.78, 5) is 4.11. The molecule has 3 heteroatoms. The number of rotatable bonds is 2. The van der Waals surface area contributed by atoms with E-state index in [9.17, 15) is 0 Å². The maximum absolute atomic E-state index is 5.53. The average Bonchev–Trinajstić information content (AvgIpc) is 2.27. The Kier molecular flexibility index (Phi) is 2.39. The molecule has 0 bridgehead atoms. The lowest BCUT2D eigenvalue weighted by Crippen LogP contribution is -2.17. The zero-order valence-corrected chi connectivity index (χ0v) is 8.25. The molecule has 0 unspecified atom stereocenters. The van der Waals surface area contributed by atoms with Crippen molar-refractivity contribution >= 4 is 5.57 Å². The molecule has 0 fully saturated rings. The summed E-state index contributed by atoms with van der Waals surface area (Å²) in [6.45, 7) is 7.21. The van der Waals surface area contributed by atoms with Crippen molar-refractivity contribution in [3.63, 3.8) is 0 Å². The van der Waals surface area contributed by atoms with Crippen LogP contribution in [0.4, 0.5) is 0 Å². The fourth-order valence-corrected chi connectivity index (χ4v) is 1.42. The number of nitrogens with zero attached hydrogens (tertiary/aromatic N) is 1. The summed E-state index contributed by atoms with van der Waals surface area (Å²) in [6.07, 6.45) is 2.63. The predicted octanol–water partition coefficient (Wildman–Crippen LogP) is 2.28. The number of aromatic nitrogens is 1. The van der Waals surface area contributed by atoms with E-state index in [0.717, 1.165) is 23.3 Å². The highest BCUT2D eigenvalue weighted by Crippen LogP contribution is 2.35. The minimum Gasteiger partial charge on any atom is -0.484 e. The first-order valence-electron chi connectivity index (χ1n) is 4.75. The molecular formula is C11H13NO2. The van der Waals surface area contributed by atoms with E-state index in [4.69, 9.17) is 9.47 Å². The van der Waals surface area contributed by atoms with Crippen LogP contribution in [0.1, 0.15) is 18.9 Å². The molecule has 3 nitrogen and oxygen atoms in total. The van der Waals surface area contributed by atoms with Gasteiger partial charge in [-0.1, -0.05) is 13.5 Å². The van der Waals surface area contributed by atoms with Gasteiger partial charge in [-0.2, -0.15) is 0 Å². The van der Waals surface area contributed by atoms with Crippen LogP contribution in [0.3, 0.4) is 0 Å². The molecule has 0 aliphatic carbocycles. The van der Waals surface area contributed by atoms with Gasteiger partial charge in [0.05, 0.1) is 0 Å². The van der Waals surface area contributed by atoms with Crippen LogP contribution < -0.4 is 9.47 Å². The van der Waals surface area contributed by atoms with E-state index in [0.29, 0.717) is 19.1 Å². The van der Waals surface area contributed by atoms with Crippen molar-refractivity contribution in [3.05, 3.63) is 24.4 Å². The highest BCUT2D eigenvalue weighted by molar-refractivity contribution is 5.70. The second kappa shape index (κ2) is 3.70. The lowest BCUT2D eigenvalue weighted by molar-refractivity contribution is 0.164. The molecule has 1 aromatic rings. The molecule has 0 amide bonds. The Morgan fingerprint density at radius 1 is 1.50 bits per heavy atom. The highest BCUT2D eigenvalue weighted by Gasteiger charge is 2.17. The van der Waals surface area contributed by atoms with Gasteiger partial charge in [-0.15, -0.1) is 0 Å². The number of hydrogen-bond donors (Lipinski definition) is 0. The van der Waals surface area contributed by atoms with Gasteiger partial charge in [0, 0.05) is 11.8 Å². The van der Waals surface area contributed by atoms with Crippen molar-refractivity contribution in [2.75, 3.05) is 13.2 Å².